The van der Waals surface area contributed by atoms with Crippen LogP contribution in [0.5, 0.6) is 0 Å². The molecule has 3 heteroatoms. The molecular weight excluding hydrogens is 204 g/mol. The van der Waals surface area contributed by atoms with Crippen molar-refractivity contribution in [3.63, 3.8) is 0 Å². The third-order valence-electron chi connectivity index (χ3n) is 2.94. The summed E-state index contributed by atoms with van der Waals surface area (Å²) in [6.45, 7) is 2.04. The Hall–Kier alpha value is -1.35. The van der Waals surface area contributed by atoms with Gasteiger partial charge < -0.3 is 9.47 Å². The molecule has 1 aromatic rings. The summed E-state index contributed by atoms with van der Waals surface area (Å²) < 4.78 is 10.6. The van der Waals surface area contributed by atoms with Gasteiger partial charge in [-0.2, -0.15) is 0 Å². The summed E-state index contributed by atoms with van der Waals surface area (Å²) >= 11 is 0. The van der Waals surface area contributed by atoms with Gasteiger partial charge >= 0.3 is 5.97 Å². The van der Waals surface area contributed by atoms with E-state index in [1.807, 2.05) is 31.2 Å². The first-order valence-electron chi connectivity index (χ1n) is 5.66. The maximum Gasteiger partial charge on any atom is 0.338 e. The number of esters is 1. The van der Waals surface area contributed by atoms with Gasteiger partial charge in [-0.15, -0.1) is 0 Å². The van der Waals surface area contributed by atoms with Gasteiger partial charge in [-0.3, -0.25) is 0 Å². The lowest BCUT2D eigenvalue weighted by atomic mass is 10.1. The number of aryl methyl sites for hydroxylation is 1. The van der Waals surface area contributed by atoms with Gasteiger partial charge in [0, 0.05) is 0 Å². The molecule has 1 saturated carbocycles. The molecule has 1 heterocycles. The van der Waals surface area contributed by atoms with Crippen LogP contribution in [0.15, 0.2) is 24.3 Å². The van der Waals surface area contributed by atoms with Crippen LogP contribution in [0.2, 0.25) is 0 Å². The Labute approximate surface area is 94.4 Å². The SMILES string of the molecule is Cc1ccc(C2OC2C(=O)OC2CC2)cc1. The number of hydrogen-bond donors (Lipinski definition) is 0. The molecule has 0 amide bonds. The molecule has 2 atom stereocenters. The second-order valence-corrected chi connectivity index (χ2v) is 4.52. The first-order valence-corrected chi connectivity index (χ1v) is 5.66. The first kappa shape index (κ1) is 9.85. The minimum absolute atomic E-state index is 0.0909. The molecule has 0 radical (unpaired) electrons. The third kappa shape index (κ3) is 1.95. The molecule has 1 aromatic carbocycles. The van der Waals surface area contributed by atoms with Crippen molar-refractivity contribution >= 4 is 5.97 Å². The number of epoxide rings is 1. The van der Waals surface area contributed by atoms with E-state index in [0.717, 1.165) is 18.4 Å². The molecule has 1 aliphatic heterocycles. The highest BCUT2D eigenvalue weighted by atomic mass is 16.6. The minimum Gasteiger partial charge on any atom is -0.460 e. The van der Waals surface area contributed by atoms with E-state index < -0.39 is 0 Å². The van der Waals surface area contributed by atoms with Crippen molar-refractivity contribution in [3.8, 4) is 0 Å². The van der Waals surface area contributed by atoms with Gasteiger partial charge in [0.25, 0.3) is 0 Å². The van der Waals surface area contributed by atoms with Gasteiger partial charge in [0.05, 0.1) is 0 Å². The van der Waals surface area contributed by atoms with Crippen LogP contribution in [0.3, 0.4) is 0 Å². The molecule has 1 aliphatic carbocycles. The zero-order valence-electron chi connectivity index (χ0n) is 9.18. The highest BCUT2D eigenvalue weighted by molar-refractivity contribution is 5.78. The maximum absolute atomic E-state index is 11.6. The van der Waals surface area contributed by atoms with Crippen molar-refractivity contribution in [1.82, 2.24) is 0 Å². The molecule has 3 nitrogen and oxygen atoms in total. The number of ether oxygens (including phenoxy) is 2. The number of benzene rings is 1. The van der Waals surface area contributed by atoms with Gasteiger partial charge in [0.2, 0.25) is 0 Å². The summed E-state index contributed by atoms with van der Waals surface area (Å²) in [4.78, 5) is 11.6. The van der Waals surface area contributed by atoms with E-state index in [0.29, 0.717) is 0 Å². The smallest absolute Gasteiger partial charge is 0.338 e. The largest absolute Gasteiger partial charge is 0.460 e. The summed E-state index contributed by atoms with van der Waals surface area (Å²) in [5.41, 5.74) is 2.27. The second-order valence-electron chi connectivity index (χ2n) is 4.52. The molecule has 0 N–H and O–H groups in total. The fourth-order valence-electron chi connectivity index (χ4n) is 1.72. The van der Waals surface area contributed by atoms with Crippen molar-refractivity contribution < 1.29 is 14.3 Å². The van der Waals surface area contributed by atoms with Crippen molar-refractivity contribution in [1.29, 1.82) is 0 Å². The Kier molecular flexibility index (Phi) is 2.21. The molecular formula is C13H14O3. The average Bonchev–Trinajstić information content (AvgIpc) is 3.12. The van der Waals surface area contributed by atoms with E-state index >= 15 is 0 Å². The average molecular weight is 218 g/mol. The Morgan fingerprint density at radius 3 is 2.62 bits per heavy atom. The van der Waals surface area contributed by atoms with Gasteiger partial charge in [0.1, 0.15) is 12.2 Å². The van der Waals surface area contributed by atoms with Gasteiger partial charge in [0.15, 0.2) is 6.10 Å². The summed E-state index contributed by atoms with van der Waals surface area (Å²) in [5.74, 6) is -0.201. The molecule has 2 fully saturated rings. The Morgan fingerprint density at radius 2 is 2.00 bits per heavy atom. The first-order chi connectivity index (χ1) is 7.74. The lowest BCUT2D eigenvalue weighted by Gasteiger charge is -1.99. The van der Waals surface area contributed by atoms with E-state index in [1.165, 1.54) is 5.56 Å². The molecule has 0 bridgehead atoms. The van der Waals surface area contributed by atoms with E-state index in [4.69, 9.17) is 9.47 Å². The van der Waals surface area contributed by atoms with E-state index in [-0.39, 0.29) is 24.3 Å². The lowest BCUT2D eigenvalue weighted by Crippen LogP contribution is -2.13. The highest BCUT2D eigenvalue weighted by Crippen LogP contribution is 2.40. The molecule has 0 spiro atoms. The van der Waals surface area contributed by atoms with Crippen molar-refractivity contribution in [2.45, 2.75) is 38.1 Å². The number of carbonyl (C=O) groups excluding carboxylic acids is 1. The maximum atomic E-state index is 11.6. The molecule has 2 unspecified atom stereocenters. The number of carbonyl (C=O) groups is 1. The minimum atomic E-state index is -0.372. The summed E-state index contributed by atoms with van der Waals surface area (Å²) in [5, 5.41) is 0. The van der Waals surface area contributed by atoms with E-state index in [2.05, 4.69) is 0 Å². The van der Waals surface area contributed by atoms with Crippen LogP contribution in [0.4, 0.5) is 0 Å². The predicted octanol–water partition coefficient (Wildman–Crippen LogP) is 2.14. The van der Waals surface area contributed by atoms with Crippen LogP contribution in [-0.2, 0) is 14.3 Å². The van der Waals surface area contributed by atoms with Crippen molar-refractivity contribution in [2.75, 3.05) is 0 Å². The Morgan fingerprint density at radius 1 is 1.31 bits per heavy atom. The van der Waals surface area contributed by atoms with Crippen molar-refractivity contribution in [2.24, 2.45) is 0 Å². The summed E-state index contributed by atoms with van der Waals surface area (Å²) in [6, 6.07) is 8.06. The van der Waals surface area contributed by atoms with Crippen LogP contribution >= 0.6 is 0 Å². The Balaban J connectivity index is 1.62. The highest BCUT2D eigenvalue weighted by Gasteiger charge is 2.48. The van der Waals surface area contributed by atoms with Gasteiger partial charge in [-0.1, -0.05) is 29.8 Å². The zero-order valence-corrected chi connectivity index (χ0v) is 9.18. The Bertz CT molecular complexity index is 406. The van der Waals surface area contributed by atoms with Crippen LogP contribution < -0.4 is 0 Å². The van der Waals surface area contributed by atoms with Crippen LogP contribution in [0.25, 0.3) is 0 Å². The van der Waals surface area contributed by atoms with Crippen LogP contribution in [0.1, 0.15) is 30.1 Å². The molecule has 84 valence electrons. The number of rotatable bonds is 3. The zero-order chi connectivity index (χ0) is 11.1. The van der Waals surface area contributed by atoms with E-state index in [9.17, 15) is 4.79 Å². The fourth-order valence-corrected chi connectivity index (χ4v) is 1.72. The van der Waals surface area contributed by atoms with Crippen LogP contribution in [-0.4, -0.2) is 18.2 Å². The summed E-state index contributed by atoms with van der Waals surface area (Å²) in [6.07, 6.45) is 1.71. The third-order valence-corrected chi connectivity index (χ3v) is 2.94. The quantitative estimate of drug-likeness (QED) is 0.576. The predicted molar refractivity (Wildman–Crippen MR) is 57.9 cm³/mol. The normalized spacial score (nSPS) is 27.6. The van der Waals surface area contributed by atoms with Crippen LogP contribution in [0, 0.1) is 6.92 Å². The molecule has 2 aliphatic rings. The molecule has 3 rings (SSSR count). The monoisotopic (exact) mass is 218 g/mol. The fraction of sp³-hybridized carbons (Fsp3) is 0.462. The molecule has 16 heavy (non-hydrogen) atoms. The topological polar surface area (TPSA) is 38.8 Å². The standard InChI is InChI=1S/C13H14O3/c1-8-2-4-9(5-3-8)11-12(16-11)13(14)15-10-6-7-10/h2-5,10-12H,6-7H2,1H3. The lowest BCUT2D eigenvalue weighted by molar-refractivity contribution is -0.146. The number of hydrogen-bond acceptors (Lipinski definition) is 3. The van der Waals surface area contributed by atoms with E-state index in [1.54, 1.807) is 0 Å². The summed E-state index contributed by atoms with van der Waals surface area (Å²) in [7, 11) is 0. The van der Waals surface area contributed by atoms with Gasteiger partial charge in [-0.05, 0) is 25.3 Å². The molecule has 1 saturated heterocycles. The second kappa shape index (κ2) is 3.59. The van der Waals surface area contributed by atoms with Crippen molar-refractivity contribution in [3.05, 3.63) is 35.4 Å². The molecule has 0 aromatic heterocycles. The van der Waals surface area contributed by atoms with Gasteiger partial charge in [-0.25, -0.2) is 4.79 Å².